The molecule has 0 fully saturated rings. The summed E-state index contributed by atoms with van der Waals surface area (Å²) >= 11 is 4.81. The van der Waals surface area contributed by atoms with E-state index in [1.807, 2.05) is 0 Å². The van der Waals surface area contributed by atoms with Crippen molar-refractivity contribution in [3.8, 4) is 22.3 Å². The Labute approximate surface area is 192 Å². The number of benzene rings is 3. The second-order valence-corrected chi connectivity index (χ2v) is 9.55. The Morgan fingerprint density at radius 1 is 0.871 bits per heavy atom. The highest BCUT2D eigenvalue weighted by molar-refractivity contribution is 7.78. The van der Waals surface area contributed by atoms with Crippen molar-refractivity contribution in [1.82, 2.24) is 0 Å². The van der Waals surface area contributed by atoms with Crippen molar-refractivity contribution in [2.45, 2.75) is 60.8 Å². The zero-order valence-electron chi connectivity index (χ0n) is 19.5. The normalized spacial score (nSPS) is 15.4. The van der Waals surface area contributed by atoms with E-state index in [1.165, 1.54) is 58.2 Å². The Morgan fingerprint density at radius 2 is 1.55 bits per heavy atom. The fraction of sp³-hybridized carbons (Fsp3) is 0.345. The van der Waals surface area contributed by atoms with Gasteiger partial charge >= 0.3 is 0 Å². The molecule has 4 rings (SSSR count). The lowest BCUT2D eigenvalue weighted by atomic mass is 9.79. The Morgan fingerprint density at radius 3 is 2.19 bits per heavy atom. The van der Waals surface area contributed by atoms with Crippen LogP contribution in [0, 0.1) is 40.5 Å². The largest absolute Gasteiger partial charge is 0.194 e. The summed E-state index contributed by atoms with van der Waals surface area (Å²) in [6, 6.07) is 13.8. The van der Waals surface area contributed by atoms with Crippen LogP contribution in [0.5, 0.6) is 0 Å². The highest BCUT2D eigenvalue weighted by Crippen LogP contribution is 2.38. The number of fused-ring (bicyclic) bond motifs is 1. The van der Waals surface area contributed by atoms with Crippen LogP contribution in [0.2, 0.25) is 0 Å². The molecular weight excluding hydrogens is 394 g/mol. The number of thiocarbonyl (C=S) groups is 1. The Hall–Kier alpha value is -2.54. The van der Waals surface area contributed by atoms with Gasteiger partial charge in [0.2, 0.25) is 0 Å². The molecule has 31 heavy (non-hydrogen) atoms. The fourth-order valence-electron chi connectivity index (χ4n) is 5.43. The molecule has 2 heteroatoms. The molecular formula is C29H31NS. The van der Waals surface area contributed by atoms with Crippen LogP contribution >= 0.6 is 12.2 Å². The van der Waals surface area contributed by atoms with Crippen molar-refractivity contribution in [2.75, 3.05) is 0 Å². The summed E-state index contributed by atoms with van der Waals surface area (Å²) in [4.78, 5) is 4.24. The Balaban J connectivity index is 1.78. The maximum atomic E-state index is 4.81. The van der Waals surface area contributed by atoms with Crippen LogP contribution in [0.25, 0.3) is 22.3 Å². The van der Waals surface area contributed by atoms with E-state index >= 15 is 0 Å². The second-order valence-electron chi connectivity index (χ2n) is 9.37. The van der Waals surface area contributed by atoms with Gasteiger partial charge in [-0.25, -0.2) is 0 Å². The standard InChI is InChI=1S/C29H31NS/c1-17-7-9-27-22(6)28(19(3)13-24(27)11-17)23-8-10-26(18(2)12-23)25-14-20(4)29(30-16-31)21(5)15-25/h8,10,12-15,17H,7,9,11H2,1-6H3. The molecule has 158 valence electrons. The van der Waals surface area contributed by atoms with E-state index in [0.717, 1.165) is 22.7 Å². The quantitative estimate of drug-likeness (QED) is 0.303. The average Bonchev–Trinajstić information content (AvgIpc) is 2.70. The minimum atomic E-state index is 0.798. The van der Waals surface area contributed by atoms with Gasteiger partial charge in [0.1, 0.15) is 0 Å². The SMILES string of the molecule is Cc1cc(-c2c(C)cc3c(c2C)CCC(C)C3)ccc1-c1cc(C)c(N=C=S)c(C)c1. The first-order valence-corrected chi connectivity index (χ1v) is 11.6. The van der Waals surface area contributed by atoms with Gasteiger partial charge in [0, 0.05) is 0 Å². The summed E-state index contributed by atoms with van der Waals surface area (Å²) in [7, 11) is 0. The Kier molecular flexibility index (Phi) is 5.97. The third-order valence-corrected chi connectivity index (χ3v) is 7.02. The number of hydrogen-bond donors (Lipinski definition) is 0. The summed E-state index contributed by atoms with van der Waals surface area (Å²) < 4.78 is 0. The van der Waals surface area contributed by atoms with E-state index in [1.54, 1.807) is 11.1 Å². The summed E-state index contributed by atoms with van der Waals surface area (Å²) in [5, 5.41) is 2.50. The van der Waals surface area contributed by atoms with Gasteiger partial charge in [-0.05, 0) is 145 Å². The molecule has 1 aliphatic carbocycles. The molecule has 0 saturated carbocycles. The number of hydrogen-bond acceptors (Lipinski definition) is 2. The van der Waals surface area contributed by atoms with Crippen LogP contribution < -0.4 is 0 Å². The van der Waals surface area contributed by atoms with E-state index in [9.17, 15) is 0 Å². The van der Waals surface area contributed by atoms with Gasteiger partial charge in [0.25, 0.3) is 0 Å². The highest BCUT2D eigenvalue weighted by Gasteiger charge is 2.21. The van der Waals surface area contributed by atoms with Crippen molar-refractivity contribution < 1.29 is 0 Å². The molecule has 1 aliphatic rings. The Bertz CT molecular complexity index is 1200. The smallest absolute Gasteiger partial charge is 0.0798 e. The number of aliphatic imine (C=N–C) groups is 1. The molecule has 0 saturated heterocycles. The van der Waals surface area contributed by atoms with Crippen LogP contribution in [0.4, 0.5) is 5.69 Å². The van der Waals surface area contributed by atoms with E-state index in [4.69, 9.17) is 12.2 Å². The van der Waals surface area contributed by atoms with Crippen LogP contribution in [0.15, 0.2) is 41.4 Å². The molecule has 3 aromatic carbocycles. The van der Waals surface area contributed by atoms with Gasteiger partial charge in [-0.15, -0.1) is 0 Å². The fourth-order valence-corrected chi connectivity index (χ4v) is 5.52. The predicted molar refractivity (Wildman–Crippen MR) is 137 cm³/mol. The number of nitrogens with zero attached hydrogens (tertiary/aromatic N) is 1. The topological polar surface area (TPSA) is 12.4 Å². The molecule has 1 unspecified atom stereocenters. The molecule has 0 amide bonds. The first-order valence-electron chi connectivity index (χ1n) is 11.2. The maximum absolute atomic E-state index is 4.81. The third-order valence-electron chi connectivity index (χ3n) is 6.93. The molecule has 0 radical (unpaired) electrons. The van der Waals surface area contributed by atoms with Crippen molar-refractivity contribution in [2.24, 2.45) is 10.9 Å². The monoisotopic (exact) mass is 425 g/mol. The van der Waals surface area contributed by atoms with Gasteiger partial charge in [-0.1, -0.05) is 31.2 Å². The molecule has 0 aromatic heterocycles. The third kappa shape index (κ3) is 4.03. The van der Waals surface area contributed by atoms with Crippen LogP contribution in [-0.2, 0) is 12.8 Å². The summed E-state index contributed by atoms with van der Waals surface area (Å²) in [5.41, 5.74) is 15.8. The molecule has 0 aliphatic heterocycles. The van der Waals surface area contributed by atoms with E-state index < -0.39 is 0 Å². The number of aryl methyl sites for hydroxylation is 4. The molecule has 0 N–H and O–H groups in total. The first-order chi connectivity index (χ1) is 14.8. The van der Waals surface area contributed by atoms with E-state index in [0.29, 0.717) is 0 Å². The van der Waals surface area contributed by atoms with Crippen molar-refractivity contribution in [3.63, 3.8) is 0 Å². The predicted octanol–water partition coefficient (Wildman–Crippen LogP) is 8.42. The molecule has 3 aromatic rings. The van der Waals surface area contributed by atoms with Crippen molar-refractivity contribution >= 4 is 23.1 Å². The van der Waals surface area contributed by atoms with Gasteiger partial charge in [0.15, 0.2) is 0 Å². The van der Waals surface area contributed by atoms with Crippen molar-refractivity contribution in [3.05, 3.63) is 75.3 Å². The van der Waals surface area contributed by atoms with Crippen molar-refractivity contribution in [1.29, 1.82) is 0 Å². The molecule has 1 atom stereocenters. The van der Waals surface area contributed by atoms with E-state index in [-0.39, 0.29) is 0 Å². The lowest BCUT2D eigenvalue weighted by Crippen LogP contribution is -2.13. The highest BCUT2D eigenvalue weighted by atomic mass is 32.1. The first kappa shape index (κ1) is 21.7. The van der Waals surface area contributed by atoms with Gasteiger partial charge < -0.3 is 0 Å². The van der Waals surface area contributed by atoms with E-state index in [2.05, 4.69) is 88.1 Å². The van der Waals surface area contributed by atoms with Gasteiger partial charge in [-0.2, -0.15) is 4.99 Å². The van der Waals surface area contributed by atoms with Gasteiger partial charge in [-0.3, -0.25) is 0 Å². The van der Waals surface area contributed by atoms with Gasteiger partial charge in [0.05, 0.1) is 10.8 Å². The summed E-state index contributed by atoms with van der Waals surface area (Å²) in [5.74, 6) is 0.798. The summed E-state index contributed by atoms with van der Waals surface area (Å²) in [6.07, 6.45) is 3.73. The molecule has 1 nitrogen and oxygen atoms in total. The molecule has 0 heterocycles. The summed E-state index contributed by atoms with van der Waals surface area (Å²) in [6.45, 7) is 13.4. The average molecular weight is 426 g/mol. The minimum Gasteiger partial charge on any atom is -0.194 e. The van der Waals surface area contributed by atoms with Crippen LogP contribution in [-0.4, -0.2) is 5.16 Å². The van der Waals surface area contributed by atoms with Crippen LogP contribution in [0.1, 0.15) is 52.3 Å². The zero-order chi connectivity index (χ0) is 22.3. The number of isothiocyanates is 1. The molecule has 0 bridgehead atoms. The number of rotatable bonds is 3. The zero-order valence-corrected chi connectivity index (χ0v) is 20.3. The second kappa shape index (κ2) is 8.54. The maximum Gasteiger partial charge on any atom is 0.0798 e. The lowest BCUT2D eigenvalue weighted by molar-refractivity contribution is 0.500. The minimum absolute atomic E-state index is 0.798. The van der Waals surface area contributed by atoms with Crippen LogP contribution in [0.3, 0.4) is 0 Å². The molecule has 0 spiro atoms. The lowest BCUT2D eigenvalue weighted by Gasteiger charge is -2.26.